The van der Waals surface area contributed by atoms with Crippen LogP contribution in [0, 0.1) is 5.82 Å². The van der Waals surface area contributed by atoms with E-state index in [0.717, 1.165) is 0 Å². The quantitative estimate of drug-likeness (QED) is 0.245. The zero-order chi connectivity index (χ0) is 28.3. The maximum atomic E-state index is 15.0. The molecule has 14 nitrogen and oxygen atoms in total. The van der Waals surface area contributed by atoms with E-state index in [0.29, 0.717) is 18.8 Å². The van der Waals surface area contributed by atoms with Crippen molar-refractivity contribution in [2.45, 2.75) is 37.7 Å². The molecule has 3 rings (SSSR count). The van der Waals surface area contributed by atoms with Gasteiger partial charge in [-0.3, -0.25) is 23.6 Å². The Hall–Kier alpha value is -2.54. The summed E-state index contributed by atoms with van der Waals surface area (Å²) in [6.07, 6.45) is -1.96. The topological polar surface area (TPSA) is 197 Å². The molecule has 0 saturated carbocycles. The number of carbonyl (C=O) groups is 3. The number of hydrogen-bond donors (Lipinski definition) is 5. The van der Waals surface area contributed by atoms with E-state index in [1.807, 2.05) is 0 Å². The van der Waals surface area contributed by atoms with Gasteiger partial charge < -0.3 is 39.4 Å². The molecule has 1 aromatic rings. The van der Waals surface area contributed by atoms with Gasteiger partial charge in [0.2, 0.25) is 11.8 Å². The highest BCUT2D eigenvalue weighted by molar-refractivity contribution is 7.70. The summed E-state index contributed by atoms with van der Waals surface area (Å²) in [5, 5.41) is 0.426. The van der Waals surface area contributed by atoms with Crippen molar-refractivity contribution in [1.82, 2.24) is 10.2 Å². The van der Waals surface area contributed by atoms with E-state index < -0.39 is 45.0 Å². The highest BCUT2D eigenvalue weighted by atomic mass is 31.2. The number of hydrogen-bond acceptors (Lipinski definition) is 7. The third kappa shape index (κ3) is 7.75. The summed E-state index contributed by atoms with van der Waals surface area (Å²) in [6, 6.07) is 4.32. The van der Waals surface area contributed by atoms with Crippen LogP contribution in [0.15, 0.2) is 18.2 Å². The molecule has 2 aliphatic heterocycles. The number of halogens is 1. The van der Waals surface area contributed by atoms with Crippen molar-refractivity contribution in [1.29, 1.82) is 0 Å². The van der Waals surface area contributed by atoms with E-state index in [2.05, 4.69) is 5.32 Å². The fourth-order valence-corrected chi connectivity index (χ4v) is 6.94. The molecule has 2 aliphatic rings. The second-order valence-corrected chi connectivity index (χ2v) is 13.1. The first kappa shape index (κ1) is 30.0. The van der Waals surface area contributed by atoms with E-state index >= 15 is 0 Å². The molecule has 38 heavy (non-hydrogen) atoms. The highest BCUT2D eigenvalue weighted by Crippen LogP contribution is 2.61. The maximum Gasteiger partial charge on any atom is 0.414 e. The standard InChI is InChI=1S/C21H31FN4O10P2/c1-14(27)23-12-16-13-26(21(29)36-16)15-5-6-18(17(22)11-15)24-7-9-25(10-8-24)19(28)3-2-4-20(37(30,31)32)38(33,34)35/h5-6,11,16,20H,2-4,7-10,12-13H2,1H3,(H,23,27)(H2,30,31,32)(H2,33,34,35)/t16-/m0/s1. The van der Waals surface area contributed by atoms with Gasteiger partial charge in [0.15, 0.2) is 5.40 Å². The van der Waals surface area contributed by atoms with Crippen molar-refractivity contribution in [3.05, 3.63) is 24.0 Å². The molecule has 0 spiro atoms. The lowest BCUT2D eigenvalue weighted by atomic mass is 10.2. The average Bonchev–Trinajstić information content (AvgIpc) is 3.19. The Morgan fingerprint density at radius 3 is 2.32 bits per heavy atom. The Kier molecular flexibility index (Phi) is 9.56. The number of rotatable bonds is 10. The van der Waals surface area contributed by atoms with E-state index in [9.17, 15) is 47.5 Å². The molecular formula is C21H31FN4O10P2. The van der Waals surface area contributed by atoms with Crippen molar-refractivity contribution in [2.24, 2.45) is 0 Å². The van der Waals surface area contributed by atoms with Crippen LogP contribution in [0.5, 0.6) is 0 Å². The molecule has 0 unspecified atom stereocenters. The van der Waals surface area contributed by atoms with Gasteiger partial charge in [-0.1, -0.05) is 0 Å². The SMILES string of the molecule is CC(=O)NC[C@H]1CN(c2ccc(N3CCN(C(=O)CCCC(P(=O)(O)O)P(=O)(O)O)CC3)c(F)c2)C(=O)O1. The molecule has 2 heterocycles. The Bertz CT molecular complexity index is 1130. The Morgan fingerprint density at radius 2 is 1.76 bits per heavy atom. The number of ether oxygens (including phenoxy) is 1. The number of carbonyl (C=O) groups excluding carboxylic acids is 3. The second kappa shape index (κ2) is 12.1. The van der Waals surface area contributed by atoms with Crippen LogP contribution in [0.4, 0.5) is 20.6 Å². The number of nitrogens with one attached hydrogen (secondary N) is 1. The number of amides is 3. The zero-order valence-electron chi connectivity index (χ0n) is 20.6. The largest absolute Gasteiger partial charge is 0.442 e. The normalized spacial score (nSPS) is 18.7. The molecule has 1 atom stereocenters. The first-order chi connectivity index (χ1) is 17.7. The molecular weight excluding hydrogens is 549 g/mol. The van der Waals surface area contributed by atoms with Gasteiger partial charge in [-0.25, -0.2) is 9.18 Å². The number of benzene rings is 1. The van der Waals surface area contributed by atoms with Crippen LogP contribution in [-0.2, 0) is 23.5 Å². The third-order valence-corrected chi connectivity index (χ3v) is 10.2. The van der Waals surface area contributed by atoms with E-state index in [4.69, 9.17) is 4.74 Å². The zero-order valence-corrected chi connectivity index (χ0v) is 22.4. The Morgan fingerprint density at radius 1 is 1.13 bits per heavy atom. The predicted octanol–water partition coefficient (Wildman–Crippen LogP) is 0.787. The fraction of sp³-hybridized carbons (Fsp3) is 0.571. The number of nitrogens with zero attached hydrogens (tertiary/aromatic N) is 3. The molecule has 212 valence electrons. The predicted molar refractivity (Wildman–Crippen MR) is 133 cm³/mol. The third-order valence-electron chi connectivity index (χ3n) is 6.30. The number of piperazine rings is 1. The first-order valence-corrected chi connectivity index (χ1v) is 15.2. The number of cyclic esters (lactones) is 1. The van der Waals surface area contributed by atoms with E-state index in [1.165, 1.54) is 28.9 Å². The molecule has 0 radical (unpaired) electrons. The lowest BCUT2D eigenvalue weighted by Gasteiger charge is -2.36. The van der Waals surface area contributed by atoms with Crippen LogP contribution in [0.1, 0.15) is 26.2 Å². The van der Waals surface area contributed by atoms with Crippen LogP contribution < -0.4 is 15.1 Å². The number of anilines is 2. The van der Waals surface area contributed by atoms with Gasteiger partial charge in [0.05, 0.1) is 24.5 Å². The van der Waals surface area contributed by atoms with Crippen LogP contribution >= 0.6 is 15.2 Å². The summed E-state index contributed by atoms with van der Waals surface area (Å²) in [4.78, 5) is 77.0. The van der Waals surface area contributed by atoms with E-state index in [-0.39, 0.29) is 56.5 Å². The summed E-state index contributed by atoms with van der Waals surface area (Å²) in [5.74, 6) is -1.16. The van der Waals surface area contributed by atoms with Crippen molar-refractivity contribution in [3.63, 3.8) is 0 Å². The lowest BCUT2D eigenvalue weighted by molar-refractivity contribution is -0.131. The summed E-state index contributed by atoms with van der Waals surface area (Å²) in [5.41, 5.74) is 0.591. The van der Waals surface area contributed by atoms with Crippen LogP contribution in [0.2, 0.25) is 0 Å². The molecule has 1 aromatic carbocycles. The minimum absolute atomic E-state index is 0.110. The van der Waals surface area contributed by atoms with Gasteiger partial charge >= 0.3 is 21.3 Å². The van der Waals surface area contributed by atoms with Gasteiger partial charge in [-0.2, -0.15) is 0 Å². The van der Waals surface area contributed by atoms with Gasteiger partial charge in [0.25, 0.3) is 0 Å². The van der Waals surface area contributed by atoms with Crippen LogP contribution in [0.3, 0.4) is 0 Å². The second-order valence-electron chi connectivity index (χ2n) is 9.11. The van der Waals surface area contributed by atoms with Crippen molar-refractivity contribution in [3.8, 4) is 0 Å². The summed E-state index contributed by atoms with van der Waals surface area (Å²) >= 11 is 0. The van der Waals surface area contributed by atoms with Crippen molar-refractivity contribution in [2.75, 3.05) is 49.1 Å². The fourth-order valence-electron chi connectivity index (χ4n) is 4.34. The van der Waals surface area contributed by atoms with Crippen molar-refractivity contribution >= 4 is 44.5 Å². The summed E-state index contributed by atoms with van der Waals surface area (Å²) in [7, 11) is -10.1. The van der Waals surface area contributed by atoms with Gasteiger partial charge in [0, 0.05) is 39.5 Å². The molecule has 0 aliphatic carbocycles. The molecule has 2 fully saturated rings. The molecule has 5 N–H and O–H groups in total. The van der Waals surface area contributed by atoms with Gasteiger partial charge in [-0.15, -0.1) is 0 Å². The summed E-state index contributed by atoms with van der Waals surface area (Å²) < 4.78 is 42.9. The molecule has 3 amide bonds. The Balaban J connectivity index is 1.51. The van der Waals surface area contributed by atoms with Crippen LogP contribution in [-0.4, -0.2) is 93.2 Å². The summed E-state index contributed by atoms with van der Waals surface area (Å²) in [6.45, 7) is 2.77. The average molecular weight is 580 g/mol. The van der Waals surface area contributed by atoms with E-state index in [1.54, 1.807) is 11.0 Å². The van der Waals surface area contributed by atoms with Gasteiger partial charge in [0.1, 0.15) is 11.9 Å². The Labute approximate surface area is 218 Å². The molecule has 17 heteroatoms. The maximum absolute atomic E-state index is 15.0. The van der Waals surface area contributed by atoms with Crippen molar-refractivity contribution < 1.29 is 52.2 Å². The molecule has 0 bridgehead atoms. The lowest BCUT2D eigenvalue weighted by Crippen LogP contribution is -2.49. The highest BCUT2D eigenvalue weighted by Gasteiger charge is 2.42. The first-order valence-electron chi connectivity index (χ1n) is 11.8. The monoisotopic (exact) mass is 580 g/mol. The molecule has 2 saturated heterocycles. The van der Waals surface area contributed by atoms with Crippen LogP contribution in [0.25, 0.3) is 0 Å². The smallest absolute Gasteiger partial charge is 0.414 e. The molecule has 0 aromatic heterocycles. The minimum Gasteiger partial charge on any atom is -0.442 e. The minimum atomic E-state index is -5.03. The van der Waals surface area contributed by atoms with Gasteiger partial charge in [-0.05, 0) is 31.0 Å².